The topological polar surface area (TPSA) is 91.6 Å². The normalized spacial score (nSPS) is 10.4. The highest BCUT2D eigenvalue weighted by atomic mass is 16.4. The van der Waals surface area contributed by atoms with E-state index in [0.717, 1.165) is 0 Å². The van der Waals surface area contributed by atoms with Crippen molar-refractivity contribution in [3.8, 4) is 0 Å². The van der Waals surface area contributed by atoms with E-state index in [2.05, 4.69) is 15.5 Å². The minimum absolute atomic E-state index is 0.157. The predicted octanol–water partition coefficient (Wildman–Crippen LogP) is 1.54. The molecule has 0 atom stereocenters. The molecule has 20 heavy (non-hydrogen) atoms. The summed E-state index contributed by atoms with van der Waals surface area (Å²) < 4.78 is 0. The van der Waals surface area contributed by atoms with E-state index < -0.39 is 11.9 Å². The molecule has 0 aliphatic heterocycles. The van der Waals surface area contributed by atoms with Crippen molar-refractivity contribution < 1.29 is 14.7 Å². The van der Waals surface area contributed by atoms with Gasteiger partial charge in [-0.2, -0.15) is 5.10 Å². The van der Waals surface area contributed by atoms with Crippen LogP contribution in [-0.4, -0.2) is 28.2 Å². The molecule has 0 spiro atoms. The molecular formula is C14H11N3O3. The number of hydrazone groups is 1. The molecule has 0 aliphatic rings. The summed E-state index contributed by atoms with van der Waals surface area (Å²) in [7, 11) is 0. The van der Waals surface area contributed by atoms with Gasteiger partial charge < -0.3 is 5.11 Å². The standard InChI is InChI=1S/C14H11N3O3/c18-13(12-6-1-2-7-15-12)17-16-9-10-4-3-5-11(8-10)14(19)20/h1-9H,(H,17,18)(H,19,20)/b16-9+. The lowest BCUT2D eigenvalue weighted by molar-refractivity contribution is 0.0696. The monoisotopic (exact) mass is 269 g/mol. The van der Waals surface area contributed by atoms with Crippen LogP contribution in [0.25, 0.3) is 0 Å². The molecule has 0 unspecified atom stereocenters. The molecule has 1 heterocycles. The van der Waals surface area contributed by atoms with Gasteiger partial charge >= 0.3 is 5.97 Å². The van der Waals surface area contributed by atoms with Crippen molar-refractivity contribution in [1.29, 1.82) is 0 Å². The molecular weight excluding hydrogens is 258 g/mol. The first-order chi connectivity index (χ1) is 9.66. The van der Waals surface area contributed by atoms with Crippen LogP contribution in [0.3, 0.4) is 0 Å². The molecule has 0 fully saturated rings. The molecule has 1 aromatic heterocycles. The van der Waals surface area contributed by atoms with Gasteiger partial charge in [0.2, 0.25) is 0 Å². The van der Waals surface area contributed by atoms with Crippen molar-refractivity contribution in [2.45, 2.75) is 0 Å². The first-order valence-corrected chi connectivity index (χ1v) is 5.74. The summed E-state index contributed by atoms with van der Waals surface area (Å²) in [6.45, 7) is 0. The Bertz CT molecular complexity index is 654. The number of amides is 1. The maximum atomic E-state index is 11.6. The number of aromatic carboxylic acids is 1. The lowest BCUT2D eigenvalue weighted by Gasteiger charge is -1.99. The third-order valence-electron chi connectivity index (χ3n) is 2.41. The van der Waals surface area contributed by atoms with E-state index in [1.807, 2.05) is 0 Å². The second-order valence-corrected chi connectivity index (χ2v) is 3.84. The maximum absolute atomic E-state index is 11.6. The Labute approximate surface area is 114 Å². The lowest BCUT2D eigenvalue weighted by atomic mass is 10.1. The van der Waals surface area contributed by atoms with E-state index in [1.165, 1.54) is 24.5 Å². The highest BCUT2D eigenvalue weighted by Crippen LogP contribution is 2.03. The van der Waals surface area contributed by atoms with Crippen LogP contribution in [0.4, 0.5) is 0 Å². The predicted molar refractivity (Wildman–Crippen MR) is 72.7 cm³/mol. The second-order valence-electron chi connectivity index (χ2n) is 3.84. The lowest BCUT2D eigenvalue weighted by Crippen LogP contribution is -2.18. The SMILES string of the molecule is O=C(O)c1cccc(/C=N/NC(=O)c2ccccn2)c1. The third-order valence-corrected chi connectivity index (χ3v) is 2.41. The van der Waals surface area contributed by atoms with Crippen LogP contribution in [0.2, 0.25) is 0 Å². The molecule has 100 valence electrons. The van der Waals surface area contributed by atoms with Gasteiger partial charge in [-0.25, -0.2) is 10.2 Å². The number of carboxylic acid groups (broad SMARTS) is 1. The van der Waals surface area contributed by atoms with Crippen molar-refractivity contribution in [2.24, 2.45) is 5.10 Å². The second kappa shape index (κ2) is 6.24. The summed E-state index contributed by atoms with van der Waals surface area (Å²) in [5, 5.41) is 12.6. The first kappa shape index (κ1) is 13.4. The number of nitrogens with one attached hydrogen (secondary N) is 1. The maximum Gasteiger partial charge on any atom is 0.335 e. The Morgan fingerprint density at radius 2 is 2.05 bits per heavy atom. The fourth-order valence-corrected chi connectivity index (χ4v) is 1.47. The van der Waals surface area contributed by atoms with E-state index in [4.69, 9.17) is 5.11 Å². The van der Waals surface area contributed by atoms with Crippen LogP contribution in [-0.2, 0) is 0 Å². The van der Waals surface area contributed by atoms with Gasteiger partial charge in [0, 0.05) is 6.20 Å². The highest BCUT2D eigenvalue weighted by Gasteiger charge is 2.04. The van der Waals surface area contributed by atoms with Gasteiger partial charge in [-0.05, 0) is 29.8 Å². The van der Waals surface area contributed by atoms with Gasteiger partial charge in [-0.15, -0.1) is 0 Å². The molecule has 1 aromatic carbocycles. The smallest absolute Gasteiger partial charge is 0.335 e. The third kappa shape index (κ3) is 3.49. The zero-order valence-electron chi connectivity index (χ0n) is 10.4. The fraction of sp³-hybridized carbons (Fsp3) is 0. The Balaban J connectivity index is 2.02. The summed E-state index contributed by atoms with van der Waals surface area (Å²) in [6.07, 6.45) is 2.88. The average Bonchev–Trinajstić information content (AvgIpc) is 2.48. The molecule has 0 saturated heterocycles. The quantitative estimate of drug-likeness (QED) is 0.650. The van der Waals surface area contributed by atoms with Crippen molar-refractivity contribution in [2.75, 3.05) is 0 Å². The Hall–Kier alpha value is -3.02. The van der Waals surface area contributed by atoms with Crippen molar-refractivity contribution in [3.63, 3.8) is 0 Å². The van der Waals surface area contributed by atoms with Crippen molar-refractivity contribution in [3.05, 3.63) is 65.5 Å². The van der Waals surface area contributed by atoms with Crippen molar-refractivity contribution in [1.82, 2.24) is 10.4 Å². The Morgan fingerprint density at radius 1 is 1.20 bits per heavy atom. The van der Waals surface area contributed by atoms with Gasteiger partial charge in [0.1, 0.15) is 5.69 Å². The summed E-state index contributed by atoms with van der Waals surface area (Å²) >= 11 is 0. The number of pyridine rings is 1. The number of rotatable bonds is 4. The van der Waals surface area contributed by atoms with Crippen LogP contribution < -0.4 is 5.43 Å². The number of hydrogen-bond acceptors (Lipinski definition) is 4. The van der Waals surface area contributed by atoms with Crippen LogP contribution in [0, 0.1) is 0 Å². The van der Waals surface area contributed by atoms with E-state index >= 15 is 0 Å². The zero-order valence-corrected chi connectivity index (χ0v) is 10.4. The minimum Gasteiger partial charge on any atom is -0.478 e. The van der Waals surface area contributed by atoms with Gasteiger partial charge in [0.05, 0.1) is 11.8 Å². The number of aromatic nitrogens is 1. The van der Waals surface area contributed by atoms with Gasteiger partial charge in [0.15, 0.2) is 0 Å². The molecule has 2 N–H and O–H groups in total. The molecule has 0 bridgehead atoms. The van der Waals surface area contributed by atoms with E-state index in [-0.39, 0.29) is 11.3 Å². The number of carbonyl (C=O) groups is 2. The number of carboxylic acids is 1. The Kier molecular flexibility index (Phi) is 4.18. The number of nitrogens with zero attached hydrogens (tertiary/aromatic N) is 2. The van der Waals surface area contributed by atoms with Crippen molar-refractivity contribution >= 4 is 18.1 Å². The molecule has 1 amide bonds. The fourth-order valence-electron chi connectivity index (χ4n) is 1.47. The van der Waals surface area contributed by atoms with Gasteiger partial charge in [-0.1, -0.05) is 18.2 Å². The van der Waals surface area contributed by atoms with Crippen LogP contribution in [0.1, 0.15) is 26.4 Å². The number of carbonyl (C=O) groups excluding carboxylic acids is 1. The molecule has 0 radical (unpaired) electrons. The van der Waals surface area contributed by atoms with Crippen LogP contribution >= 0.6 is 0 Å². The summed E-state index contributed by atoms with van der Waals surface area (Å²) in [5.41, 5.74) is 3.30. The van der Waals surface area contributed by atoms with Gasteiger partial charge in [0.25, 0.3) is 5.91 Å². The largest absolute Gasteiger partial charge is 0.478 e. The summed E-state index contributed by atoms with van der Waals surface area (Å²) in [5.74, 6) is -1.45. The molecule has 2 rings (SSSR count). The van der Waals surface area contributed by atoms with Crippen LogP contribution in [0.15, 0.2) is 53.8 Å². The minimum atomic E-state index is -1.02. The van der Waals surface area contributed by atoms with E-state index in [9.17, 15) is 9.59 Å². The molecule has 0 aliphatic carbocycles. The first-order valence-electron chi connectivity index (χ1n) is 5.74. The van der Waals surface area contributed by atoms with Crippen LogP contribution in [0.5, 0.6) is 0 Å². The van der Waals surface area contributed by atoms with E-state index in [1.54, 1.807) is 30.3 Å². The summed E-state index contributed by atoms with van der Waals surface area (Å²) in [4.78, 5) is 26.3. The average molecular weight is 269 g/mol. The van der Waals surface area contributed by atoms with Gasteiger partial charge in [-0.3, -0.25) is 9.78 Å². The highest BCUT2D eigenvalue weighted by molar-refractivity contribution is 5.94. The molecule has 0 saturated carbocycles. The summed E-state index contributed by atoms with van der Waals surface area (Å²) in [6, 6.07) is 11.2. The van der Waals surface area contributed by atoms with E-state index in [0.29, 0.717) is 5.56 Å². The molecule has 6 heteroatoms. The molecule has 6 nitrogen and oxygen atoms in total. The molecule has 2 aromatic rings. The zero-order chi connectivity index (χ0) is 14.4. The number of benzene rings is 1. The Morgan fingerprint density at radius 3 is 2.75 bits per heavy atom. The number of hydrogen-bond donors (Lipinski definition) is 2.